The molecule has 1 heterocycles. The van der Waals surface area contributed by atoms with Crippen LogP contribution >= 0.6 is 0 Å². The van der Waals surface area contributed by atoms with Gasteiger partial charge in [0.2, 0.25) is 5.91 Å². The average molecular weight is 265 g/mol. The van der Waals surface area contributed by atoms with E-state index < -0.39 is 23.8 Å². The van der Waals surface area contributed by atoms with E-state index >= 15 is 0 Å². The zero-order valence-electron chi connectivity index (χ0n) is 10.8. The number of hydrogen-bond donors (Lipinski definition) is 2. The highest BCUT2D eigenvalue weighted by molar-refractivity contribution is 6.11. The van der Waals surface area contributed by atoms with Crippen LogP contribution in [0.25, 0.3) is 0 Å². The minimum atomic E-state index is -0.757. The van der Waals surface area contributed by atoms with Crippen molar-refractivity contribution in [2.24, 2.45) is 11.7 Å². The molecule has 102 valence electrons. The molecule has 3 N–H and O–H groups in total. The van der Waals surface area contributed by atoms with Gasteiger partial charge in [-0.15, -0.1) is 0 Å². The number of anilines is 2. The summed E-state index contributed by atoms with van der Waals surface area (Å²) in [5.74, 6) is -1.07. The van der Waals surface area contributed by atoms with Crippen molar-refractivity contribution in [1.29, 1.82) is 0 Å². The van der Waals surface area contributed by atoms with Crippen molar-refractivity contribution >= 4 is 23.3 Å². The molecule has 0 saturated carbocycles. The Kier molecular flexibility index (Phi) is 3.42. The zero-order valence-corrected chi connectivity index (χ0v) is 10.8. The number of primary amides is 1. The molecule has 5 nitrogen and oxygen atoms in total. The van der Waals surface area contributed by atoms with E-state index in [2.05, 4.69) is 5.32 Å². The molecular weight excluding hydrogens is 249 g/mol. The number of halogens is 1. The summed E-state index contributed by atoms with van der Waals surface area (Å²) in [7, 11) is 0. The molecule has 0 unspecified atom stereocenters. The molecule has 3 amide bonds. The molecule has 1 aromatic rings. The van der Waals surface area contributed by atoms with Crippen molar-refractivity contribution in [3.63, 3.8) is 0 Å². The van der Waals surface area contributed by atoms with E-state index in [1.807, 2.05) is 13.8 Å². The summed E-state index contributed by atoms with van der Waals surface area (Å²) in [6.45, 7) is 3.77. The van der Waals surface area contributed by atoms with Crippen molar-refractivity contribution < 1.29 is 14.0 Å². The van der Waals surface area contributed by atoms with E-state index in [0.29, 0.717) is 12.1 Å². The fourth-order valence-electron chi connectivity index (χ4n) is 2.29. The highest BCUT2D eigenvalue weighted by atomic mass is 19.1. The molecule has 1 aliphatic rings. The molecule has 0 saturated heterocycles. The summed E-state index contributed by atoms with van der Waals surface area (Å²) in [4.78, 5) is 24.9. The van der Waals surface area contributed by atoms with Crippen LogP contribution in [0.2, 0.25) is 0 Å². The number of rotatable bonds is 2. The van der Waals surface area contributed by atoms with Gasteiger partial charge in [-0.3, -0.25) is 9.69 Å². The van der Waals surface area contributed by atoms with Gasteiger partial charge in [0.15, 0.2) is 0 Å². The summed E-state index contributed by atoms with van der Waals surface area (Å²) in [5, 5.41) is 2.51. The number of carbonyl (C=O) groups is 2. The summed E-state index contributed by atoms with van der Waals surface area (Å²) >= 11 is 0. The summed E-state index contributed by atoms with van der Waals surface area (Å²) in [6, 6.07) is 2.80. The minimum Gasteiger partial charge on any atom is -0.351 e. The molecule has 0 spiro atoms. The molecule has 0 aromatic heterocycles. The van der Waals surface area contributed by atoms with Gasteiger partial charge in [0.25, 0.3) is 0 Å². The lowest BCUT2D eigenvalue weighted by atomic mass is 9.94. The number of para-hydroxylation sites is 1. The van der Waals surface area contributed by atoms with Crippen molar-refractivity contribution in [3.8, 4) is 0 Å². The van der Waals surface area contributed by atoms with E-state index in [1.165, 1.54) is 17.0 Å². The van der Waals surface area contributed by atoms with E-state index in [-0.39, 0.29) is 11.6 Å². The maximum absolute atomic E-state index is 13.7. The first-order valence-electron chi connectivity index (χ1n) is 6.15. The van der Waals surface area contributed by atoms with Crippen molar-refractivity contribution in [2.45, 2.75) is 26.3 Å². The van der Waals surface area contributed by atoms with Crippen LogP contribution < -0.4 is 16.0 Å². The van der Waals surface area contributed by atoms with Crippen LogP contribution in [-0.4, -0.2) is 18.0 Å². The van der Waals surface area contributed by atoms with Crippen LogP contribution in [0.4, 0.5) is 20.6 Å². The fraction of sp³-hybridized carbons (Fsp3) is 0.385. The monoisotopic (exact) mass is 265 g/mol. The Morgan fingerprint density at radius 1 is 1.58 bits per heavy atom. The topological polar surface area (TPSA) is 75.4 Å². The molecule has 0 radical (unpaired) electrons. The van der Waals surface area contributed by atoms with E-state index in [0.717, 1.165) is 0 Å². The minimum absolute atomic E-state index is 0.00542. The number of nitrogens with two attached hydrogens (primary N) is 1. The molecule has 0 aliphatic carbocycles. The van der Waals surface area contributed by atoms with Crippen molar-refractivity contribution in [2.75, 3.05) is 10.2 Å². The smallest absolute Gasteiger partial charge is 0.320 e. The SMILES string of the molecule is CC[C@H](C)[C@H]1C(=O)Nc2c(F)cccc2N1C(N)=O. The Bertz CT molecular complexity index is 533. The summed E-state index contributed by atoms with van der Waals surface area (Å²) in [5.41, 5.74) is 5.67. The highest BCUT2D eigenvalue weighted by Gasteiger charge is 2.39. The van der Waals surface area contributed by atoms with Crippen molar-refractivity contribution in [3.05, 3.63) is 24.0 Å². The zero-order chi connectivity index (χ0) is 14.2. The molecule has 1 aromatic carbocycles. The first kappa shape index (κ1) is 13.3. The van der Waals surface area contributed by atoms with E-state index in [4.69, 9.17) is 5.73 Å². The maximum atomic E-state index is 13.7. The molecule has 0 bridgehead atoms. The summed E-state index contributed by atoms with van der Waals surface area (Å²) < 4.78 is 13.7. The van der Waals surface area contributed by atoms with Crippen LogP contribution in [0.15, 0.2) is 18.2 Å². The van der Waals surface area contributed by atoms with Crippen LogP contribution in [0.1, 0.15) is 20.3 Å². The largest absolute Gasteiger partial charge is 0.351 e. The quantitative estimate of drug-likeness (QED) is 0.859. The number of benzene rings is 1. The number of amides is 3. The van der Waals surface area contributed by atoms with Crippen LogP contribution in [0.3, 0.4) is 0 Å². The Hall–Kier alpha value is -2.11. The third-order valence-electron chi connectivity index (χ3n) is 3.47. The third-order valence-corrected chi connectivity index (χ3v) is 3.47. The van der Waals surface area contributed by atoms with Gasteiger partial charge in [0, 0.05) is 0 Å². The van der Waals surface area contributed by atoms with Crippen LogP contribution in [0, 0.1) is 11.7 Å². The lowest BCUT2D eigenvalue weighted by Crippen LogP contribution is -2.56. The lowest BCUT2D eigenvalue weighted by molar-refractivity contribution is -0.118. The molecule has 1 aliphatic heterocycles. The van der Waals surface area contributed by atoms with Gasteiger partial charge in [-0.25, -0.2) is 9.18 Å². The van der Waals surface area contributed by atoms with Gasteiger partial charge in [-0.05, 0) is 18.1 Å². The van der Waals surface area contributed by atoms with Crippen LogP contribution in [0.5, 0.6) is 0 Å². The first-order valence-corrected chi connectivity index (χ1v) is 6.15. The molecule has 2 rings (SSSR count). The number of urea groups is 1. The third kappa shape index (κ3) is 2.14. The molecule has 19 heavy (non-hydrogen) atoms. The first-order chi connectivity index (χ1) is 8.97. The normalized spacial score (nSPS) is 19.6. The Labute approximate surface area is 110 Å². The summed E-state index contributed by atoms with van der Waals surface area (Å²) in [6.07, 6.45) is 0.701. The average Bonchev–Trinajstić information content (AvgIpc) is 2.37. The number of nitrogens with zero attached hydrogens (tertiary/aromatic N) is 1. The lowest BCUT2D eigenvalue weighted by Gasteiger charge is -2.38. The van der Waals surface area contributed by atoms with E-state index in [9.17, 15) is 14.0 Å². The van der Waals surface area contributed by atoms with Gasteiger partial charge >= 0.3 is 6.03 Å². The molecule has 2 atom stereocenters. The Morgan fingerprint density at radius 2 is 2.26 bits per heavy atom. The van der Waals surface area contributed by atoms with Gasteiger partial charge in [0.1, 0.15) is 17.5 Å². The number of nitrogens with one attached hydrogen (secondary N) is 1. The molecular formula is C13H16FN3O2. The van der Waals surface area contributed by atoms with Gasteiger partial charge in [-0.2, -0.15) is 0 Å². The van der Waals surface area contributed by atoms with Crippen LogP contribution in [-0.2, 0) is 4.79 Å². The fourth-order valence-corrected chi connectivity index (χ4v) is 2.29. The Balaban J connectivity index is 2.57. The van der Waals surface area contributed by atoms with Gasteiger partial charge in [0.05, 0.1) is 5.69 Å². The Morgan fingerprint density at radius 3 is 2.84 bits per heavy atom. The highest BCUT2D eigenvalue weighted by Crippen LogP contribution is 2.36. The number of fused-ring (bicyclic) bond motifs is 1. The standard InChI is InChI=1S/C13H16FN3O2/c1-3-7(2)11-12(18)16-10-8(14)5-4-6-9(10)17(11)13(15)19/h4-7,11H,3H2,1-2H3,(H2,15,19)(H,16,18)/t7-,11-/m0/s1. The molecule has 6 heteroatoms. The van der Waals surface area contributed by atoms with E-state index in [1.54, 1.807) is 6.07 Å². The number of carbonyl (C=O) groups excluding carboxylic acids is 2. The maximum Gasteiger partial charge on any atom is 0.320 e. The second-order valence-electron chi connectivity index (χ2n) is 4.66. The predicted molar refractivity (Wildman–Crippen MR) is 70.3 cm³/mol. The number of hydrogen-bond acceptors (Lipinski definition) is 2. The van der Waals surface area contributed by atoms with Crippen molar-refractivity contribution in [1.82, 2.24) is 0 Å². The van der Waals surface area contributed by atoms with Gasteiger partial charge in [-0.1, -0.05) is 26.3 Å². The molecule has 0 fully saturated rings. The van der Waals surface area contributed by atoms with Gasteiger partial charge < -0.3 is 11.1 Å². The second kappa shape index (κ2) is 4.87. The predicted octanol–water partition coefficient (Wildman–Crippen LogP) is 2.08. The second-order valence-corrected chi connectivity index (χ2v) is 4.66.